The van der Waals surface area contributed by atoms with Crippen molar-refractivity contribution in [3.63, 3.8) is 0 Å². The van der Waals surface area contributed by atoms with Gasteiger partial charge < -0.3 is 4.57 Å². The number of nitrogens with zero attached hydrogens (tertiary/aromatic N) is 1. The first-order valence-electron chi connectivity index (χ1n) is 9.13. The van der Waals surface area contributed by atoms with Gasteiger partial charge in [-0.1, -0.05) is 61.4 Å². The summed E-state index contributed by atoms with van der Waals surface area (Å²) >= 11 is 0. The van der Waals surface area contributed by atoms with Crippen LogP contribution in [0, 0.1) is 6.92 Å². The minimum atomic E-state index is 0.146. The second-order valence-corrected chi connectivity index (χ2v) is 6.93. The van der Waals surface area contributed by atoms with Crippen molar-refractivity contribution in [1.82, 2.24) is 4.57 Å². The van der Waals surface area contributed by atoms with Crippen LogP contribution in [-0.4, -0.2) is 4.57 Å². The number of rotatable bonds is 3. The van der Waals surface area contributed by atoms with E-state index >= 15 is 0 Å². The highest BCUT2D eigenvalue weighted by molar-refractivity contribution is 5.67. The molecule has 2 aromatic carbocycles. The smallest absolute Gasteiger partial charge is 0.185 e. The van der Waals surface area contributed by atoms with Crippen molar-refractivity contribution in [3.8, 4) is 16.9 Å². The predicted octanol–water partition coefficient (Wildman–Crippen LogP) is 5.47. The molecule has 1 aromatic heterocycles. The van der Waals surface area contributed by atoms with Gasteiger partial charge in [-0.05, 0) is 43.4 Å². The molecule has 0 radical (unpaired) electrons. The Labute approximate surface area is 148 Å². The number of aromatic nitrogens is 1. The maximum atomic E-state index is 12.8. The van der Waals surface area contributed by atoms with E-state index in [4.69, 9.17) is 0 Å². The van der Waals surface area contributed by atoms with Crippen molar-refractivity contribution in [2.75, 3.05) is 0 Å². The minimum absolute atomic E-state index is 0.146. The van der Waals surface area contributed by atoms with E-state index in [-0.39, 0.29) is 5.43 Å². The summed E-state index contributed by atoms with van der Waals surface area (Å²) in [5.74, 6) is 0.468. The molecule has 1 heterocycles. The molecular weight excluding hydrogens is 306 g/mol. The molecule has 1 aliphatic rings. The van der Waals surface area contributed by atoms with Crippen LogP contribution in [0.5, 0.6) is 0 Å². The summed E-state index contributed by atoms with van der Waals surface area (Å²) in [5, 5.41) is 0. The van der Waals surface area contributed by atoms with E-state index in [0.29, 0.717) is 5.92 Å². The van der Waals surface area contributed by atoms with Crippen LogP contribution in [0.2, 0.25) is 0 Å². The maximum Gasteiger partial charge on any atom is 0.185 e. The summed E-state index contributed by atoms with van der Waals surface area (Å²) in [5.41, 5.74) is 5.39. The zero-order valence-corrected chi connectivity index (χ0v) is 14.6. The summed E-state index contributed by atoms with van der Waals surface area (Å²) in [7, 11) is 0. The Morgan fingerprint density at radius 1 is 0.880 bits per heavy atom. The van der Waals surface area contributed by atoms with E-state index in [1.165, 1.54) is 25.7 Å². The number of hydrogen-bond donors (Lipinski definition) is 0. The lowest BCUT2D eigenvalue weighted by atomic mass is 9.97. The molecule has 0 N–H and O–H groups in total. The number of benzene rings is 2. The summed E-state index contributed by atoms with van der Waals surface area (Å²) in [6, 6.07) is 22.6. The zero-order chi connectivity index (χ0) is 17.2. The zero-order valence-electron chi connectivity index (χ0n) is 14.6. The lowest BCUT2D eigenvalue weighted by molar-refractivity contribution is 0.671. The third-order valence-electron chi connectivity index (χ3n) is 5.32. The van der Waals surface area contributed by atoms with E-state index in [0.717, 1.165) is 28.2 Å². The highest BCUT2D eigenvalue weighted by Crippen LogP contribution is 2.37. The van der Waals surface area contributed by atoms with Gasteiger partial charge in [0.05, 0.1) is 5.69 Å². The van der Waals surface area contributed by atoms with Crippen molar-refractivity contribution in [2.24, 2.45) is 0 Å². The van der Waals surface area contributed by atoms with Crippen molar-refractivity contribution < 1.29 is 0 Å². The van der Waals surface area contributed by atoms with Gasteiger partial charge in [0.1, 0.15) is 0 Å². The fraction of sp³-hybridized carbons (Fsp3) is 0.261. The van der Waals surface area contributed by atoms with E-state index < -0.39 is 0 Å². The molecule has 2 nitrogen and oxygen atoms in total. The Morgan fingerprint density at radius 3 is 2.12 bits per heavy atom. The van der Waals surface area contributed by atoms with E-state index in [1.807, 2.05) is 37.3 Å². The molecule has 126 valence electrons. The number of para-hydroxylation sites is 1. The monoisotopic (exact) mass is 329 g/mol. The van der Waals surface area contributed by atoms with Crippen LogP contribution in [0.15, 0.2) is 71.5 Å². The molecule has 0 aliphatic heterocycles. The summed E-state index contributed by atoms with van der Waals surface area (Å²) in [4.78, 5) is 12.8. The van der Waals surface area contributed by atoms with E-state index in [2.05, 4.69) is 41.0 Å². The van der Waals surface area contributed by atoms with E-state index in [1.54, 1.807) is 0 Å². The fourth-order valence-electron chi connectivity index (χ4n) is 4.04. The minimum Gasteiger partial charge on any atom is -0.313 e. The molecule has 0 bridgehead atoms. The van der Waals surface area contributed by atoms with Crippen LogP contribution < -0.4 is 5.43 Å². The van der Waals surface area contributed by atoms with Gasteiger partial charge in [0, 0.05) is 23.0 Å². The number of pyridine rings is 1. The van der Waals surface area contributed by atoms with Gasteiger partial charge in [-0.25, -0.2) is 0 Å². The molecule has 4 rings (SSSR count). The molecule has 0 unspecified atom stereocenters. The Hall–Kier alpha value is -2.61. The molecule has 0 saturated heterocycles. The molecule has 25 heavy (non-hydrogen) atoms. The van der Waals surface area contributed by atoms with Crippen molar-refractivity contribution in [2.45, 2.75) is 38.5 Å². The van der Waals surface area contributed by atoms with Gasteiger partial charge >= 0.3 is 0 Å². The number of hydrogen-bond acceptors (Lipinski definition) is 1. The molecule has 1 fully saturated rings. The van der Waals surface area contributed by atoms with Gasteiger partial charge in [0.15, 0.2) is 5.43 Å². The Kier molecular flexibility index (Phi) is 4.27. The van der Waals surface area contributed by atoms with Gasteiger partial charge in [0.2, 0.25) is 0 Å². The van der Waals surface area contributed by atoms with Crippen molar-refractivity contribution in [1.29, 1.82) is 0 Å². The predicted molar refractivity (Wildman–Crippen MR) is 103 cm³/mol. The lowest BCUT2D eigenvalue weighted by Crippen LogP contribution is -2.19. The summed E-state index contributed by atoms with van der Waals surface area (Å²) in [6.07, 6.45) is 4.84. The molecule has 3 aromatic rings. The van der Waals surface area contributed by atoms with Crippen LogP contribution in [0.1, 0.15) is 42.9 Å². The molecule has 1 saturated carbocycles. The third-order valence-corrected chi connectivity index (χ3v) is 5.32. The standard InChI is InChI=1S/C23H23NO/c1-17-22(25)16-21(18-10-8-9-11-18)24(20-14-6-3-7-15-20)23(17)19-12-4-2-5-13-19/h2-7,12-16,18H,8-11H2,1H3. The Bertz CT molecular complexity index is 920. The van der Waals surface area contributed by atoms with Crippen LogP contribution in [0.4, 0.5) is 0 Å². The molecule has 0 amide bonds. The van der Waals surface area contributed by atoms with Crippen LogP contribution >= 0.6 is 0 Å². The van der Waals surface area contributed by atoms with Gasteiger partial charge in [-0.2, -0.15) is 0 Å². The van der Waals surface area contributed by atoms with Crippen molar-refractivity contribution >= 4 is 0 Å². The van der Waals surface area contributed by atoms with Crippen molar-refractivity contribution in [3.05, 3.63) is 88.2 Å². The largest absolute Gasteiger partial charge is 0.313 e. The molecule has 0 atom stereocenters. The second kappa shape index (κ2) is 6.72. The molecule has 2 heteroatoms. The average molecular weight is 329 g/mol. The average Bonchev–Trinajstić information content (AvgIpc) is 3.19. The normalized spacial score (nSPS) is 14.8. The van der Waals surface area contributed by atoms with E-state index in [9.17, 15) is 4.79 Å². The first-order chi connectivity index (χ1) is 12.3. The second-order valence-electron chi connectivity index (χ2n) is 6.93. The summed E-state index contributed by atoms with van der Waals surface area (Å²) in [6.45, 7) is 1.95. The third kappa shape index (κ3) is 2.93. The van der Waals surface area contributed by atoms with Crippen LogP contribution in [-0.2, 0) is 0 Å². The maximum absolute atomic E-state index is 12.8. The highest BCUT2D eigenvalue weighted by Gasteiger charge is 2.24. The topological polar surface area (TPSA) is 22.0 Å². The first-order valence-corrected chi connectivity index (χ1v) is 9.13. The first kappa shape index (κ1) is 15.9. The van der Waals surface area contributed by atoms with Gasteiger partial charge in [0.25, 0.3) is 0 Å². The quantitative estimate of drug-likeness (QED) is 0.624. The molecule has 0 spiro atoms. The summed E-state index contributed by atoms with van der Waals surface area (Å²) < 4.78 is 2.32. The van der Waals surface area contributed by atoms with Crippen LogP contribution in [0.25, 0.3) is 16.9 Å². The Morgan fingerprint density at radius 2 is 1.48 bits per heavy atom. The van der Waals surface area contributed by atoms with Gasteiger partial charge in [-0.15, -0.1) is 0 Å². The highest BCUT2D eigenvalue weighted by atomic mass is 16.1. The Balaban J connectivity index is 2.06. The van der Waals surface area contributed by atoms with Gasteiger partial charge in [-0.3, -0.25) is 4.79 Å². The molecular formula is C23H23NO. The molecule has 1 aliphatic carbocycles. The lowest BCUT2D eigenvalue weighted by Gasteiger charge is -2.24. The SMILES string of the molecule is Cc1c(-c2ccccc2)n(-c2ccccc2)c(C2CCCC2)cc1=O. The fourth-order valence-corrected chi connectivity index (χ4v) is 4.04. The van der Waals surface area contributed by atoms with Crippen LogP contribution in [0.3, 0.4) is 0 Å².